The van der Waals surface area contributed by atoms with Crippen LogP contribution in [-0.4, -0.2) is 17.6 Å². The first kappa shape index (κ1) is 19.5. The molecule has 1 aliphatic heterocycles. The lowest BCUT2D eigenvalue weighted by atomic mass is 10.2. The van der Waals surface area contributed by atoms with Crippen LogP contribution in [-0.2, 0) is 20.8 Å². The van der Waals surface area contributed by atoms with Gasteiger partial charge in [0.25, 0.3) is 5.91 Å². The van der Waals surface area contributed by atoms with Crippen molar-refractivity contribution in [2.24, 2.45) is 5.73 Å². The Balaban J connectivity index is 1.80. The average molecular weight is 394 g/mol. The van der Waals surface area contributed by atoms with Gasteiger partial charge in [-0.05, 0) is 35.2 Å². The van der Waals surface area contributed by atoms with E-state index >= 15 is 0 Å². The van der Waals surface area contributed by atoms with Gasteiger partial charge in [-0.1, -0.05) is 37.5 Å². The van der Waals surface area contributed by atoms with Crippen LogP contribution in [0.4, 0.5) is 0 Å². The summed E-state index contributed by atoms with van der Waals surface area (Å²) in [7, 11) is 0. The van der Waals surface area contributed by atoms with E-state index in [4.69, 9.17) is 15.2 Å². The van der Waals surface area contributed by atoms with E-state index in [0.29, 0.717) is 41.5 Å². The van der Waals surface area contributed by atoms with Crippen molar-refractivity contribution < 1.29 is 14.3 Å². The van der Waals surface area contributed by atoms with Crippen molar-refractivity contribution in [3.05, 3.63) is 107 Å². The second-order valence-electron chi connectivity index (χ2n) is 6.15. The van der Waals surface area contributed by atoms with Crippen LogP contribution >= 0.6 is 11.3 Å². The van der Waals surface area contributed by atoms with Gasteiger partial charge < -0.3 is 20.1 Å². The molecule has 2 N–H and O–H groups in total. The summed E-state index contributed by atoms with van der Waals surface area (Å²) in [4.78, 5) is 15.7. The topological polar surface area (TPSA) is 64.8 Å². The molecular formula is C22H22N2O3S. The largest absolute Gasteiger partial charge is 0.454 e. The zero-order valence-electron chi connectivity index (χ0n) is 15.5. The van der Waals surface area contributed by atoms with Gasteiger partial charge in [0.2, 0.25) is 6.79 Å². The van der Waals surface area contributed by atoms with Crippen LogP contribution < -0.4 is 5.73 Å². The number of thiophene rings is 1. The first-order valence-electron chi connectivity index (χ1n) is 8.74. The van der Waals surface area contributed by atoms with Crippen molar-refractivity contribution in [2.75, 3.05) is 6.79 Å². The smallest absolute Gasteiger partial charge is 0.251 e. The maximum absolute atomic E-state index is 13.0. The fourth-order valence-corrected chi connectivity index (χ4v) is 3.35. The second-order valence-corrected chi connectivity index (χ2v) is 7.18. The molecule has 2 heterocycles. The zero-order chi connectivity index (χ0) is 19.9. The van der Waals surface area contributed by atoms with Crippen LogP contribution in [0.3, 0.4) is 0 Å². The molecule has 6 heteroatoms. The van der Waals surface area contributed by atoms with Gasteiger partial charge in [-0.25, -0.2) is 0 Å². The molecule has 0 unspecified atom stereocenters. The Morgan fingerprint density at radius 1 is 1.32 bits per heavy atom. The van der Waals surface area contributed by atoms with Crippen LogP contribution in [0.1, 0.15) is 11.3 Å². The summed E-state index contributed by atoms with van der Waals surface area (Å²) >= 11 is 1.60. The molecular weight excluding hydrogens is 372 g/mol. The third kappa shape index (κ3) is 4.92. The summed E-state index contributed by atoms with van der Waals surface area (Å²) in [6, 6.07) is 3.96. The Hall–Kier alpha value is -3.25. The lowest BCUT2D eigenvalue weighted by Gasteiger charge is -2.23. The molecule has 3 rings (SSSR count). The minimum atomic E-state index is -0.181. The number of hydrogen-bond donors (Lipinski definition) is 1. The molecule has 1 aromatic rings. The molecule has 1 aliphatic carbocycles. The molecule has 1 fully saturated rings. The Morgan fingerprint density at radius 3 is 2.89 bits per heavy atom. The van der Waals surface area contributed by atoms with Crippen LogP contribution in [0.5, 0.6) is 0 Å². The SMILES string of the molecule is C=C(/C=C/C(=O)N(Cc1cccs1)C1=C(N)CC=CC=C1)/C=C1/OCOC1=C. The molecule has 0 atom stereocenters. The molecule has 5 nitrogen and oxygen atoms in total. The Morgan fingerprint density at radius 2 is 2.18 bits per heavy atom. The number of carbonyl (C=O) groups is 1. The van der Waals surface area contributed by atoms with Crippen LogP contribution in [0.15, 0.2) is 102 Å². The van der Waals surface area contributed by atoms with E-state index in [1.54, 1.807) is 28.4 Å². The van der Waals surface area contributed by atoms with E-state index < -0.39 is 0 Å². The fourth-order valence-electron chi connectivity index (χ4n) is 2.66. The van der Waals surface area contributed by atoms with Gasteiger partial charge in [-0.15, -0.1) is 11.3 Å². The molecule has 0 aromatic carbocycles. The van der Waals surface area contributed by atoms with E-state index in [-0.39, 0.29) is 12.7 Å². The molecule has 0 saturated carbocycles. The number of rotatable bonds is 6. The summed E-state index contributed by atoms with van der Waals surface area (Å²) in [6.07, 6.45) is 13.0. The van der Waals surface area contributed by atoms with E-state index in [9.17, 15) is 4.79 Å². The van der Waals surface area contributed by atoms with Crippen molar-refractivity contribution in [3.8, 4) is 0 Å². The fraction of sp³-hybridized carbons (Fsp3) is 0.136. The van der Waals surface area contributed by atoms with Gasteiger partial charge in [0.05, 0.1) is 12.2 Å². The molecule has 1 amide bonds. The molecule has 144 valence electrons. The highest BCUT2D eigenvalue weighted by molar-refractivity contribution is 7.09. The molecule has 1 aromatic heterocycles. The maximum Gasteiger partial charge on any atom is 0.251 e. The number of hydrogen-bond acceptors (Lipinski definition) is 5. The summed E-state index contributed by atoms with van der Waals surface area (Å²) in [5.41, 5.74) is 8.18. The van der Waals surface area contributed by atoms with E-state index in [2.05, 4.69) is 13.2 Å². The number of ether oxygens (including phenoxy) is 2. The maximum atomic E-state index is 13.0. The first-order valence-corrected chi connectivity index (χ1v) is 9.62. The predicted octanol–water partition coefficient (Wildman–Crippen LogP) is 4.28. The predicted molar refractivity (Wildman–Crippen MR) is 112 cm³/mol. The number of nitrogens with two attached hydrogens (primary N) is 1. The first-order chi connectivity index (χ1) is 13.5. The van der Waals surface area contributed by atoms with Crippen molar-refractivity contribution in [2.45, 2.75) is 13.0 Å². The van der Waals surface area contributed by atoms with Gasteiger partial charge in [-0.2, -0.15) is 0 Å². The van der Waals surface area contributed by atoms with Gasteiger partial charge in [0.1, 0.15) is 0 Å². The van der Waals surface area contributed by atoms with E-state index in [1.165, 1.54) is 6.08 Å². The average Bonchev–Trinajstić information content (AvgIpc) is 3.28. The normalized spacial score (nSPS) is 17.7. The van der Waals surface area contributed by atoms with Gasteiger partial charge in [0, 0.05) is 23.1 Å². The molecule has 0 spiro atoms. The Kier molecular flexibility index (Phi) is 6.34. The molecule has 1 saturated heterocycles. The van der Waals surface area contributed by atoms with Gasteiger partial charge in [0.15, 0.2) is 11.5 Å². The van der Waals surface area contributed by atoms with Gasteiger partial charge >= 0.3 is 0 Å². The minimum Gasteiger partial charge on any atom is -0.454 e. The third-order valence-corrected chi connectivity index (χ3v) is 4.96. The number of amides is 1. The van der Waals surface area contributed by atoms with Crippen molar-refractivity contribution in [3.63, 3.8) is 0 Å². The highest BCUT2D eigenvalue weighted by Gasteiger charge is 2.19. The Labute approximate surface area is 168 Å². The number of nitrogens with zero attached hydrogens (tertiary/aromatic N) is 1. The highest BCUT2D eigenvalue weighted by atomic mass is 32.1. The van der Waals surface area contributed by atoms with Crippen molar-refractivity contribution in [1.29, 1.82) is 0 Å². The lowest BCUT2D eigenvalue weighted by Crippen LogP contribution is -2.29. The molecule has 0 radical (unpaired) electrons. The second kappa shape index (κ2) is 9.10. The third-order valence-electron chi connectivity index (χ3n) is 4.10. The summed E-state index contributed by atoms with van der Waals surface area (Å²) in [6.45, 7) is 8.27. The van der Waals surface area contributed by atoms with Crippen LogP contribution in [0.2, 0.25) is 0 Å². The molecule has 28 heavy (non-hydrogen) atoms. The lowest BCUT2D eigenvalue weighted by molar-refractivity contribution is -0.124. The quantitative estimate of drug-likeness (QED) is 0.578. The Bertz CT molecular complexity index is 918. The molecule has 2 aliphatic rings. The van der Waals surface area contributed by atoms with Crippen LogP contribution in [0, 0.1) is 0 Å². The summed E-state index contributed by atoms with van der Waals surface area (Å²) < 4.78 is 10.4. The monoisotopic (exact) mass is 394 g/mol. The van der Waals surface area contributed by atoms with Crippen molar-refractivity contribution in [1.82, 2.24) is 4.90 Å². The number of carbonyl (C=O) groups excluding carboxylic acids is 1. The zero-order valence-corrected chi connectivity index (χ0v) is 16.3. The van der Waals surface area contributed by atoms with E-state index in [1.807, 2.05) is 41.8 Å². The minimum absolute atomic E-state index is 0.142. The number of allylic oxidation sites excluding steroid dienone is 7. The van der Waals surface area contributed by atoms with Crippen molar-refractivity contribution >= 4 is 17.2 Å². The summed E-state index contributed by atoms with van der Waals surface area (Å²) in [5.74, 6) is 0.788. The molecule has 0 bridgehead atoms. The highest BCUT2D eigenvalue weighted by Crippen LogP contribution is 2.22. The summed E-state index contributed by atoms with van der Waals surface area (Å²) in [5, 5.41) is 1.99. The van der Waals surface area contributed by atoms with Gasteiger partial charge in [-0.3, -0.25) is 4.79 Å². The van der Waals surface area contributed by atoms with E-state index in [0.717, 1.165) is 4.88 Å². The standard InChI is InChI=1S/C22H22N2O3S/c1-16(13-21-17(2)26-15-27-21)10-11-22(25)24(14-18-7-6-12-28-18)20-9-5-3-4-8-19(20)23/h3-7,9-13H,1-2,8,14-15,23H2/b11-10+,21-13+. The van der Waals surface area contributed by atoms with Crippen LogP contribution in [0.25, 0.3) is 0 Å².